The molecule has 0 radical (unpaired) electrons. The number of halogens is 5. The number of anilines is 1. The molecule has 0 bridgehead atoms. The fourth-order valence-electron chi connectivity index (χ4n) is 5.26. The number of benzene rings is 2. The van der Waals surface area contributed by atoms with Gasteiger partial charge < -0.3 is 35.1 Å². The van der Waals surface area contributed by atoms with Gasteiger partial charge in [0.2, 0.25) is 0 Å². The number of urea groups is 2. The standard InChI is InChI=1S/C29H32F5N5O6/c1-43-16-21-24(26(40)44-2)25(17-7-8-19(30)20(31)15-17)39(28(42)37-21)27(41)36-12-11-35-18-9-13-38(14-10-18)22-5-3-4-6-23(22)45-29(32,33)34/h3-8,15,18,25,35H,9-14,16H2,1-2H3,(H,36,41)(H,37,42). The highest BCUT2D eigenvalue weighted by atomic mass is 19.4. The van der Waals surface area contributed by atoms with E-state index < -0.39 is 42.1 Å². The highest BCUT2D eigenvalue weighted by Crippen LogP contribution is 2.36. The van der Waals surface area contributed by atoms with Gasteiger partial charge in [0.05, 0.1) is 30.7 Å². The molecule has 4 rings (SSSR count). The second-order valence-corrected chi connectivity index (χ2v) is 10.2. The van der Waals surface area contributed by atoms with Crippen LogP contribution in [0.25, 0.3) is 0 Å². The molecular weight excluding hydrogens is 609 g/mol. The van der Waals surface area contributed by atoms with E-state index in [0.717, 1.165) is 25.3 Å². The van der Waals surface area contributed by atoms with Crippen LogP contribution in [-0.2, 0) is 14.3 Å². The molecule has 2 aliphatic rings. The van der Waals surface area contributed by atoms with Gasteiger partial charge in [-0.2, -0.15) is 0 Å². The lowest BCUT2D eigenvalue weighted by Crippen LogP contribution is -2.56. The van der Waals surface area contributed by atoms with Gasteiger partial charge in [-0.1, -0.05) is 18.2 Å². The molecule has 3 N–H and O–H groups in total. The van der Waals surface area contributed by atoms with Gasteiger partial charge in [0.25, 0.3) is 0 Å². The monoisotopic (exact) mass is 641 g/mol. The minimum atomic E-state index is -4.81. The molecule has 11 nitrogen and oxygen atoms in total. The first kappa shape index (κ1) is 33.5. The van der Waals surface area contributed by atoms with Crippen molar-refractivity contribution in [1.29, 1.82) is 0 Å². The summed E-state index contributed by atoms with van der Waals surface area (Å²) in [7, 11) is 2.41. The minimum Gasteiger partial charge on any atom is -0.466 e. The van der Waals surface area contributed by atoms with Gasteiger partial charge in [0.15, 0.2) is 17.4 Å². The van der Waals surface area contributed by atoms with Gasteiger partial charge in [-0.3, -0.25) is 0 Å². The van der Waals surface area contributed by atoms with E-state index in [4.69, 9.17) is 9.47 Å². The molecular formula is C29H32F5N5O6. The zero-order chi connectivity index (χ0) is 32.7. The smallest absolute Gasteiger partial charge is 0.466 e. The summed E-state index contributed by atoms with van der Waals surface area (Å²) in [5.41, 5.74) is 0.0749. The molecule has 0 spiro atoms. The molecule has 1 saturated heterocycles. The summed E-state index contributed by atoms with van der Waals surface area (Å²) < 4.78 is 80.5. The Morgan fingerprint density at radius 1 is 1.02 bits per heavy atom. The number of methoxy groups -OCH3 is 2. The first-order valence-corrected chi connectivity index (χ1v) is 13.9. The lowest BCUT2D eigenvalue weighted by Gasteiger charge is -2.37. The molecule has 0 aromatic heterocycles. The number of carbonyl (C=O) groups excluding carboxylic acids is 3. The molecule has 2 aromatic rings. The van der Waals surface area contributed by atoms with Gasteiger partial charge in [0, 0.05) is 39.3 Å². The predicted molar refractivity (Wildman–Crippen MR) is 150 cm³/mol. The third-order valence-electron chi connectivity index (χ3n) is 7.27. The van der Waals surface area contributed by atoms with E-state index in [2.05, 4.69) is 20.7 Å². The molecule has 0 saturated carbocycles. The molecule has 1 fully saturated rings. The number of imide groups is 1. The minimum absolute atomic E-state index is 0.00580. The summed E-state index contributed by atoms with van der Waals surface area (Å²) in [4.78, 5) is 41.7. The number of esters is 1. The highest BCUT2D eigenvalue weighted by molar-refractivity contribution is 6.01. The Bertz CT molecular complexity index is 1430. The fourth-order valence-corrected chi connectivity index (χ4v) is 5.26. The van der Waals surface area contributed by atoms with Crippen LogP contribution in [-0.4, -0.2) is 82.3 Å². The van der Waals surface area contributed by atoms with E-state index >= 15 is 0 Å². The number of para-hydroxylation sites is 2. The quantitative estimate of drug-likeness (QED) is 0.203. The van der Waals surface area contributed by atoms with Crippen LogP contribution in [0.1, 0.15) is 24.4 Å². The average Bonchev–Trinajstić information content (AvgIpc) is 3.00. The van der Waals surface area contributed by atoms with Crippen molar-refractivity contribution in [3.63, 3.8) is 0 Å². The second-order valence-electron chi connectivity index (χ2n) is 10.2. The van der Waals surface area contributed by atoms with Crippen LogP contribution in [0.2, 0.25) is 0 Å². The summed E-state index contributed by atoms with van der Waals surface area (Å²) >= 11 is 0. The normalized spacial score (nSPS) is 17.7. The number of nitrogens with one attached hydrogen (secondary N) is 3. The number of rotatable bonds is 10. The van der Waals surface area contributed by atoms with E-state index in [1.54, 1.807) is 17.0 Å². The number of amides is 4. The lowest BCUT2D eigenvalue weighted by molar-refractivity contribution is -0.274. The van der Waals surface area contributed by atoms with Gasteiger partial charge in [0.1, 0.15) is 6.04 Å². The highest BCUT2D eigenvalue weighted by Gasteiger charge is 2.43. The van der Waals surface area contributed by atoms with Crippen LogP contribution in [0.3, 0.4) is 0 Å². The van der Waals surface area contributed by atoms with Crippen LogP contribution in [0.15, 0.2) is 53.7 Å². The molecule has 0 aliphatic carbocycles. The zero-order valence-electron chi connectivity index (χ0n) is 24.4. The Labute approximate surface area is 255 Å². The van der Waals surface area contributed by atoms with Gasteiger partial charge in [-0.25, -0.2) is 28.1 Å². The Morgan fingerprint density at radius 3 is 2.38 bits per heavy atom. The topological polar surface area (TPSA) is 121 Å². The van der Waals surface area contributed by atoms with E-state index in [1.807, 2.05) is 0 Å². The van der Waals surface area contributed by atoms with Crippen molar-refractivity contribution in [3.05, 3.63) is 70.9 Å². The fraction of sp³-hybridized carbons (Fsp3) is 0.414. The van der Waals surface area contributed by atoms with E-state index in [1.165, 1.54) is 19.2 Å². The molecule has 4 amide bonds. The SMILES string of the molecule is COCC1=C(C(=O)OC)C(c2ccc(F)c(F)c2)N(C(=O)NCCNC2CCN(c3ccccc3OC(F)(F)F)CC2)C(=O)N1. The maximum atomic E-state index is 14.2. The van der Waals surface area contributed by atoms with Crippen molar-refractivity contribution in [2.24, 2.45) is 0 Å². The number of hydrogen-bond donors (Lipinski definition) is 3. The Kier molecular flexibility index (Phi) is 10.8. The molecule has 2 aliphatic heterocycles. The van der Waals surface area contributed by atoms with Crippen LogP contribution in [0.5, 0.6) is 5.75 Å². The largest absolute Gasteiger partial charge is 0.573 e. The number of piperidine rings is 1. The number of hydrogen-bond acceptors (Lipinski definition) is 8. The maximum absolute atomic E-state index is 14.2. The van der Waals surface area contributed by atoms with Crippen molar-refractivity contribution < 1.29 is 50.5 Å². The zero-order valence-corrected chi connectivity index (χ0v) is 24.4. The summed E-state index contributed by atoms with van der Waals surface area (Å²) in [5, 5.41) is 8.30. The van der Waals surface area contributed by atoms with E-state index in [-0.39, 0.29) is 48.3 Å². The van der Waals surface area contributed by atoms with Crippen molar-refractivity contribution in [2.45, 2.75) is 31.3 Å². The number of nitrogens with zero attached hydrogens (tertiary/aromatic N) is 2. The van der Waals surface area contributed by atoms with Crippen molar-refractivity contribution >= 4 is 23.7 Å². The van der Waals surface area contributed by atoms with Crippen molar-refractivity contribution in [3.8, 4) is 5.75 Å². The maximum Gasteiger partial charge on any atom is 0.573 e. The Balaban J connectivity index is 1.39. The molecule has 45 heavy (non-hydrogen) atoms. The second kappa shape index (κ2) is 14.6. The van der Waals surface area contributed by atoms with Crippen molar-refractivity contribution in [2.75, 3.05) is 51.9 Å². The van der Waals surface area contributed by atoms with Gasteiger partial charge in [-0.05, 0) is 42.7 Å². The summed E-state index contributed by atoms with van der Waals surface area (Å²) in [6, 6.07) is 5.35. The molecule has 1 atom stereocenters. The molecule has 2 heterocycles. The Morgan fingerprint density at radius 2 is 1.73 bits per heavy atom. The predicted octanol–water partition coefficient (Wildman–Crippen LogP) is 3.97. The van der Waals surface area contributed by atoms with Crippen molar-refractivity contribution in [1.82, 2.24) is 20.9 Å². The van der Waals surface area contributed by atoms with Gasteiger partial charge in [-0.15, -0.1) is 13.2 Å². The summed E-state index contributed by atoms with van der Waals surface area (Å²) in [5.74, 6) is -3.60. The van der Waals surface area contributed by atoms with Crippen LogP contribution < -0.4 is 25.6 Å². The third kappa shape index (κ3) is 8.19. The first-order chi connectivity index (χ1) is 21.4. The first-order valence-electron chi connectivity index (χ1n) is 13.9. The molecule has 244 valence electrons. The number of alkyl halides is 3. The molecule has 1 unspecified atom stereocenters. The number of ether oxygens (including phenoxy) is 3. The average molecular weight is 642 g/mol. The van der Waals surface area contributed by atoms with E-state index in [9.17, 15) is 36.3 Å². The molecule has 2 aromatic carbocycles. The third-order valence-corrected chi connectivity index (χ3v) is 7.27. The molecule has 16 heteroatoms. The van der Waals surface area contributed by atoms with Gasteiger partial charge >= 0.3 is 24.4 Å². The lowest BCUT2D eigenvalue weighted by atomic mass is 9.93. The van der Waals surface area contributed by atoms with Crippen LogP contribution in [0, 0.1) is 11.6 Å². The van der Waals surface area contributed by atoms with Crippen LogP contribution >= 0.6 is 0 Å². The summed E-state index contributed by atoms with van der Waals surface area (Å²) in [6.45, 7) is 0.981. The van der Waals surface area contributed by atoms with E-state index in [0.29, 0.717) is 36.5 Å². The van der Waals surface area contributed by atoms with Crippen LogP contribution in [0.4, 0.5) is 37.2 Å². The Hall–Kier alpha value is -4.44. The number of carbonyl (C=O) groups is 3. The summed E-state index contributed by atoms with van der Waals surface area (Å²) in [6.07, 6.45) is -3.62.